The van der Waals surface area contributed by atoms with Crippen LogP contribution in [0.25, 0.3) is 21.7 Å². The number of hydrogen-bond donors (Lipinski definition) is 1. The summed E-state index contributed by atoms with van der Waals surface area (Å²) in [5.74, 6) is 2.81. The Labute approximate surface area is 205 Å². The van der Waals surface area contributed by atoms with E-state index in [1.54, 1.807) is 0 Å². The third-order valence-corrected chi connectivity index (χ3v) is 8.49. The number of aryl methyl sites for hydroxylation is 2. The Bertz CT molecular complexity index is 1260. The van der Waals surface area contributed by atoms with Crippen LogP contribution in [-0.2, 0) is 20.0 Å². The Hall–Kier alpha value is -2.57. The average Bonchev–Trinajstić information content (AvgIpc) is 3.51. The molecule has 3 aromatic heterocycles. The number of benzene rings is 1. The van der Waals surface area contributed by atoms with Gasteiger partial charge in [0.15, 0.2) is 5.82 Å². The first-order chi connectivity index (χ1) is 16.8. The van der Waals surface area contributed by atoms with Crippen molar-refractivity contribution in [3.63, 3.8) is 0 Å². The summed E-state index contributed by atoms with van der Waals surface area (Å²) in [6.07, 6.45) is 10.7. The summed E-state index contributed by atoms with van der Waals surface area (Å²) in [6, 6.07) is 13.3. The highest BCUT2D eigenvalue weighted by Crippen LogP contribution is 2.39. The van der Waals surface area contributed by atoms with Gasteiger partial charge in [0.25, 0.3) is 0 Å². The zero-order valence-electron chi connectivity index (χ0n) is 20.0. The zero-order chi connectivity index (χ0) is 22.9. The van der Waals surface area contributed by atoms with Crippen LogP contribution in [0, 0.1) is 0 Å². The summed E-state index contributed by atoms with van der Waals surface area (Å²) in [4.78, 5) is 4.95. The Balaban J connectivity index is 1.19. The Morgan fingerprint density at radius 2 is 2.00 bits per heavy atom. The highest BCUT2D eigenvalue weighted by Gasteiger charge is 2.26. The van der Waals surface area contributed by atoms with E-state index in [0.717, 1.165) is 56.9 Å². The molecule has 34 heavy (non-hydrogen) atoms. The number of rotatable bonds is 8. The van der Waals surface area contributed by atoms with Gasteiger partial charge in [-0.05, 0) is 86.8 Å². The number of thiophene rings is 1. The molecule has 1 saturated heterocycles. The van der Waals surface area contributed by atoms with Gasteiger partial charge in [-0.1, -0.05) is 18.6 Å². The van der Waals surface area contributed by atoms with Crippen LogP contribution < -0.4 is 10.1 Å². The second-order valence-electron chi connectivity index (χ2n) is 9.86. The first kappa shape index (κ1) is 21.9. The van der Waals surface area contributed by atoms with Gasteiger partial charge in [-0.15, -0.1) is 11.3 Å². The molecule has 0 atom stereocenters. The predicted octanol–water partition coefficient (Wildman–Crippen LogP) is 6.13. The lowest BCUT2D eigenvalue weighted by Crippen LogP contribution is -2.34. The molecule has 4 heterocycles. The molecule has 0 unspecified atom stereocenters. The van der Waals surface area contributed by atoms with Crippen LogP contribution in [0.5, 0.6) is 5.75 Å². The van der Waals surface area contributed by atoms with Gasteiger partial charge in [0.1, 0.15) is 11.9 Å². The van der Waals surface area contributed by atoms with Crippen molar-refractivity contribution in [2.24, 2.45) is 7.05 Å². The van der Waals surface area contributed by atoms with Crippen molar-refractivity contribution < 1.29 is 4.74 Å². The number of nitrogens with zero attached hydrogens (tertiary/aromatic N) is 3. The zero-order valence-corrected chi connectivity index (χ0v) is 20.8. The average molecular weight is 475 g/mol. The second-order valence-corrected chi connectivity index (χ2v) is 10.8. The molecule has 1 aliphatic heterocycles. The number of hydrogen-bond acceptors (Lipinski definition) is 4. The van der Waals surface area contributed by atoms with Crippen molar-refractivity contribution in [2.75, 3.05) is 13.1 Å². The quantitative estimate of drug-likeness (QED) is 0.334. The lowest BCUT2D eigenvalue weighted by Gasteiger charge is -2.27. The summed E-state index contributed by atoms with van der Waals surface area (Å²) in [7, 11) is 2.17. The Kier molecular flexibility index (Phi) is 6.18. The summed E-state index contributed by atoms with van der Waals surface area (Å²) in [5, 5.41) is 5.58. The molecule has 178 valence electrons. The number of piperidine rings is 1. The topological polar surface area (TPSA) is 44.0 Å². The van der Waals surface area contributed by atoms with E-state index in [4.69, 9.17) is 9.72 Å². The van der Waals surface area contributed by atoms with E-state index in [2.05, 4.69) is 69.5 Å². The van der Waals surface area contributed by atoms with E-state index in [1.807, 2.05) is 11.3 Å². The van der Waals surface area contributed by atoms with E-state index in [1.165, 1.54) is 46.4 Å². The Morgan fingerprint density at radius 1 is 1.12 bits per heavy atom. The molecular weight excluding hydrogens is 440 g/mol. The number of ether oxygens (including phenoxy) is 1. The van der Waals surface area contributed by atoms with Gasteiger partial charge < -0.3 is 19.2 Å². The monoisotopic (exact) mass is 474 g/mol. The maximum absolute atomic E-state index is 6.28. The molecule has 1 aromatic carbocycles. The first-order valence-electron chi connectivity index (χ1n) is 12.8. The van der Waals surface area contributed by atoms with E-state index >= 15 is 0 Å². The maximum Gasteiger partial charge on any atom is 0.156 e. The smallest absolute Gasteiger partial charge is 0.156 e. The fourth-order valence-corrected chi connectivity index (χ4v) is 6.29. The molecule has 1 saturated carbocycles. The van der Waals surface area contributed by atoms with Crippen molar-refractivity contribution in [3.05, 3.63) is 59.2 Å². The van der Waals surface area contributed by atoms with Crippen molar-refractivity contribution in [2.45, 2.75) is 63.5 Å². The van der Waals surface area contributed by atoms with Crippen LogP contribution in [0.4, 0.5) is 0 Å². The molecule has 5 nitrogen and oxygen atoms in total. The first-order valence-corrected chi connectivity index (χ1v) is 13.7. The van der Waals surface area contributed by atoms with Gasteiger partial charge in [0.05, 0.1) is 15.9 Å². The van der Waals surface area contributed by atoms with Crippen LogP contribution in [-0.4, -0.2) is 33.3 Å². The number of fused-ring (bicyclic) bond motifs is 1. The normalized spacial score (nSPS) is 17.3. The van der Waals surface area contributed by atoms with Gasteiger partial charge in [0, 0.05) is 31.4 Å². The SMILES string of the molecule is Cn1c(-c2ncc(C3CCC3)n2CCCc2cccc(OC3CCNCC3)c2)cc2sccc21. The van der Waals surface area contributed by atoms with Crippen LogP contribution in [0.2, 0.25) is 0 Å². The number of imidazole rings is 1. The standard InChI is InChI=1S/C28H34N4OS/c1-31-24-12-16-34-27(24)18-25(31)28-30-19-26(21-7-3-8-21)32(28)15-4-6-20-5-2-9-23(17-20)33-22-10-13-29-14-11-22/h2,5,9,12,16-19,21-22,29H,3-4,6-8,10-11,13-15H2,1H3. The van der Waals surface area contributed by atoms with Crippen molar-refractivity contribution in [3.8, 4) is 17.3 Å². The summed E-state index contributed by atoms with van der Waals surface area (Å²) >= 11 is 1.81. The molecule has 0 amide bonds. The predicted molar refractivity (Wildman–Crippen MR) is 140 cm³/mol. The molecule has 2 fully saturated rings. The fraction of sp³-hybridized carbons (Fsp3) is 0.464. The fourth-order valence-electron chi connectivity index (χ4n) is 5.44. The van der Waals surface area contributed by atoms with Crippen molar-refractivity contribution >= 4 is 21.6 Å². The van der Waals surface area contributed by atoms with Crippen molar-refractivity contribution in [1.29, 1.82) is 0 Å². The van der Waals surface area contributed by atoms with Gasteiger partial charge in [-0.3, -0.25) is 0 Å². The Morgan fingerprint density at radius 3 is 2.79 bits per heavy atom. The van der Waals surface area contributed by atoms with Gasteiger partial charge in [0.2, 0.25) is 0 Å². The minimum absolute atomic E-state index is 0.343. The molecular formula is C28H34N4OS. The third kappa shape index (κ3) is 4.29. The van der Waals surface area contributed by atoms with E-state index in [9.17, 15) is 0 Å². The summed E-state index contributed by atoms with van der Waals surface area (Å²) < 4.78 is 12.4. The molecule has 0 bridgehead atoms. The van der Waals surface area contributed by atoms with E-state index in [-0.39, 0.29) is 0 Å². The lowest BCUT2D eigenvalue weighted by molar-refractivity contribution is 0.162. The largest absolute Gasteiger partial charge is 0.490 e. The highest BCUT2D eigenvalue weighted by molar-refractivity contribution is 7.17. The molecule has 2 aliphatic rings. The minimum atomic E-state index is 0.343. The van der Waals surface area contributed by atoms with Crippen LogP contribution in [0.15, 0.2) is 48.0 Å². The molecule has 6 rings (SSSR count). The molecule has 1 N–H and O–H groups in total. The van der Waals surface area contributed by atoms with Gasteiger partial charge in [-0.2, -0.15) is 0 Å². The second kappa shape index (κ2) is 9.59. The van der Waals surface area contributed by atoms with Crippen LogP contribution in [0.3, 0.4) is 0 Å². The molecule has 4 aromatic rings. The summed E-state index contributed by atoms with van der Waals surface area (Å²) in [6.45, 7) is 3.11. The van der Waals surface area contributed by atoms with Crippen molar-refractivity contribution in [1.82, 2.24) is 19.4 Å². The maximum atomic E-state index is 6.28. The summed E-state index contributed by atoms with van der Waals surface area (Å²) in [5.41, 5.74) is 5.31. The van der Waals surface area contributed by atoms with Gasteiger partial charge in [-0.25, -0.2) is 4.98 Å². The van der Waals surface area contributed by atoms with Gasteiger partial charge >= 0.3 is 0 Å². The molecule has 0 radical (unpaired) electrons. The van der Waals surface area contributed by atoms with E-state index < -0.39 is 0 Å². The molecule has 0 spiro atoms. The third-order valence-electron chi connectivity index (χ3n) is 7.64. The molecule has 1 aliphatic carbocycles. The number of aromatic nitrogens is 3. The van der Waals surface area contributed by atoms with Crippen LogP contribution in [0.1, 0.15) is 55.7 Å². The minimum Gasteiger partial charge on any atom is -0.490 e. The van der Waals surface area contributed by atoms with Crippen LogP contribution >= 0.6 is 11.3 Å². The lowest BCUT2D eigenvalue weighted by atomic mass is 9.83. The van der Waals surface area contributed by atoms with E-state index in [0.29, 0.717) is 12.0 Å². The highest BCUT2D eigenvalue weighted by atomic mass is 32.1. The number of nitrogens with one attached hydrogen (secondary N) is 1. The molecule has 6 heteroatoms.